The van der Waals surface area contributed by atoms with Gasteiger partial charge in [0.05, 0.1) is 27.6 Å². The first-order valence-corrected chi connectivity index (χ1v) is 14.5. The van der Waals surface area contributed by atoms with Crippen molar-refractivity contribution < 1.29 is 21.6 Å². The Morgan fingerprint density at radius 2 is 1.80 bits per heavy atom. The van der Waals surface area contributed by atoms with Gasteiger partial charge in [-0.2, -0.15) is 18.4 Å². The van der Waals surface area contributed by atoms with Crippen LogP contribution in [0.2, 0.25) is 0 Å². The zero-order valence-corrected chi connectivity index (χ0v) is 22.5. The number of imidazole rings is 1. The van der Waals surface area contributed by atoms with Crippen LogP contribution >= 0.6 is 0 Å². The molecule has 0 amide bonds. The van der Waals surface area contributed by atoms with Gasteiger partial charge in [0.1, 0.15) is 16.9 Å². The number of aryl methyl sites for hydroxylation is 1. The summed E-state index contributed by atoms with van der Waals surface area (Å²) in [5, 5.41) is 9.47. The molecule has 1 aromatic carbocycles. The van der Waals surface area contributed by atoms with Crippen LogP contribution in [0.4, 0.5) is 13.2 Å². The highest BCUT2D eigenvalue weighted by atomic mass is 32.2. The molecule has 0 saturated heterocycles. The predicted molar refractivity (Wildman–Crippen MR) is 141 cm³/mol. The van der Waals surface area contributed by atoms with Crippen molar-refractivity contribution in [2.24, 2.45) is 7.05 Å². The Kier molecular flexibility index (Phi) is 5.75. The minimum absolute atomic E-state index is 0.0209. The number of aromatic nitrogens is 4. The molecule has 8 nitrogen and oxygen atoms in total. The molecule has 2 fully saturated rings. The molecule has 0 atom stereocenters. The number of hydrogen-bond acceptors (Lipinski definition) is 6. The Balaban J connectivity index is 1.52. The molecule has 3 heterocycles. The number of pyridine rings is 2. The number of nitrogens with zero attached hydrogens (tertiary/aromatic N) is 5. The first-order chi connectivity index (χ1) is 18.9. The van der Waals surface area contributed by atoms with Gasteiger partial charge in [-0.1, -0.05) is 31.2 Å². The normalized spacial score (nSPS) is 16.7. The van der Waals surface area contributed by atoms with Gasteiger partial charge < -0.3 is 4.57 Å². The summed E-state index contributed by atoms with van der Waals surface area (Å²) in [6.45, 7) is 1.48. The maximum Gasteiger partial charge on any atom is 0.431 e. The topological polar surface area (TPSA) is 111 Å². The van der Waals surface area contributed by atoms with Gasteiger partial charge in [0, 0.05) is 24.8 Å². The second-order valence-electron chi connectivity index (χ2n) is 10.4. The predicted octanol–water partition coefficient (Wildman–Crippen LogP) is 5.17. The number of rotatable bonds is 6. The fourth-order valence-corrected chi connectivity index (χ4v) is 6.21. The van der Waals surface area contributed by atoms with Gasteiger partial charge in [0.15, 0.2) is 15.7 Å². The summed E-state index contributed by atoms with van der Waals surface area (Å²) >= 11 is 0. The maximum absolute atomic E-state index is 13.9. The fraction of sp³-hybridized carbons (Fsp3) is 0.357. The number of sulfone groups is 1. The van der Waals surface area contributed by atoms with Crippen LogP contribution in [0.5, 0.6) is 0 Å². The smallest absolute Gasteiger partial charge is 0.321 e. The fourth-order valence-electron chi connectivity index (χ4n) is 5.16. The van der Waals surface area contributed by atoms with E-state index in [1.165, 1.54) is 30.8 Å². The maximum atomic E-state index is 13.9. The molecular formula is C28H24F3N5O3S. The summed E-state index contributed by atoms with van der Waals surface area (Å²) in [5.41, 5.74) is -0.531. The summed E-state index contributed by atoms with van der Waals surface area (Å²) in [4.78, 5) is 21.9. The van der Waals surface area contributed by atoms with E-state index < -0.39 is 38.7 Å². The highest BCUT2D eigenvalue weighted by molar-refractivity contribution is 7.91. The monoisotopic (exact) mass is 567 g/mol. The molecule has 0 N–H and O–H groups in total. The molecule has 12 heteroatoms. The van der Waals surface area contributed by atoms with Crippen LogP contribution in [0, 0.1) is 11.3 Å². The van der Waals surface area contributed by atoms with Crippen molar-refractivity contribution in [3.05, 3.63) is 64.2 Å². The minimum atomic E-state index is -4.76. The van der Waals surface area contributed by atoms with Gasteiger partial charge in [-0.3, -0.25) is 14.3 Å². The molecule has 0 aliphatic heterocycles. The van der Waals surface area contributed by atoms with Crippen molar-refractivity contribution in [3.8, 4) is 28.7 Å². The van der Waals surface area contributed by atoms with E-state index in [9.17, 15) is 31.6 Å². The highest BCUT2D eigenvalue weighted by Gasteiger charge is 2.45. The molecule has 40 heavy (non-hydrogen) atoms. The summed E-state index contributed by atoms with van der Waals surface area (Å²) in [6.07, 6.45) is -0.747. The quantitative estimate of drug-likeness (QED) is 0.318. The molecule has 206 valence electrons. The van der Waals surface area contributed by atoms with Gasteiger partial charge in [-0.05, 0) is 48.9 Å². The summed E-state index contributed by atoms with van der Waals surface area (Å²) in [7, 11) is -2.39. The lowest BCUT2D eigenvalue weighted by Gasteiger charge is -2.15. The Hall–Kier alpha value is -3.98. The molecule has 0 radical (unpaired) electrons. The lowest BCUT2D eigenvalue weighted by Crippen LogP contribution is -2.28. The van der Waals surface area contributed by atoms with Crippen LogP contribution in [0.25, 0.3) is 33.7 Å². The van der Waals surface area contributed by atoms with E-state index >= 15 is 0 Å². The molecule has 6 rings (SSSR count). The van der Waals surface area contributed by atoms with E-state index in [0.717, 1.165) is 29.0 Å². The Morgan fingerprint density at radius 1 is 1.12 bits per heavy atom. The second-order valence-corrected chi connectivity index (χ2v) is 12.7. The number of halogens is 3. The number of hydrogen-bond donors (Lipinski definition) is 0. The Morgan fingerprint density at radius 3 is 2.35 bits per heavy atom. The molecule has 2 aliphatic carbocycles. The third-order valence-electron chi connectivity index (χ3n) is 7.79. The zero-order chi connectivity index (χ0) is 28.6. The van der Waals surface area contributed by atoms with Crippen molar-refractivity contribution >= 4 is 20.9 Å². The van der Waals surface area contributed by atoms with E-state index in [4.69, 9.17) is 0 Å². The molecule has 0 bridgehead atoms. The van der Waals surface area contributed by atoms with Crippen LogP contribution < -0.4 is 5.56 Å². The molecule has 0 spiro atoms. The first-order valence-electron chi connectivity index (χ1n) is 12.8. The van der Waals surface area contributed by atoms with Crippen LogP contribution in [-0.2, 0) is 28.5 Å². The lowest BCUT2D eigenvalue weighted by molar-refractivity contribution is -0.144. The van der Waals surface area contributed by atoms with Crippen LogP contribution in [0.15, 0.2) is 52.3 Å². The standard InChI is InChI=1S/C28H24F3N5O3S/c1-3-40(38,39)21-12-17(16-4-6-18(7-5-16)27(15-32)10-11-27)14-33-23(21)25-34-20-13-22(28(29,30)31)36(19-8-9-19)26(37)24(20)35(25)2/h4-7,12-14,19H,3,8-11H2,1-2H3. The van der Waals surface area contributed by atoms with Crippen LogP contribution in [0.3, 0.4) is 0 Å². The molecule has 0 unspecified atom stereocenters. The van der Waals surface area contributed by atoms with Crippen molar-refractivity contribution in [1.82, 2.24) is 19.1 Å². The van der Waals surface area contributed by atoms with E-state index in [0.29, 0.717) is 24.0 Å². The second kappa shape index (κ2) is 8.76. The van der Waals surface area contributed by atoms with Crippen molar-refractivity contribution in [2.45, 2.75) is 55.1 Å². The summed E-state index contributed by atoms with van der Waals surface area (Å²) in [5.74, 6) is -0.266. The minimum Gasteiger partial charge on any atom is -0.321 e. The first kappa shape index (κ1) is 26.3. The average Bonchev–Trinajstić information content (AvgIpc) is 3.86. The lowest BCUT2D eigenvalue weighted by atomic mass is 9.95. The number of benzene rings is 1. The third-order valence-corrected chi connectivity index (χ3v) is 9.53. The van der Waals surface area contributed by atoms with Crippen LogP contribution in [-0.4, -0.2) is 33.3 Å². The molecule has 2 saturated carbocycles. The van der Waals surface area contributed by atoms with Crippen molar-refractivity contribution in [3.63, 3.8) is 0 Å². The van der Waals surface area contributed by atoms with Gasteiger partial charge in [0.2, 0.25) is 0 Å². The third kappa shape index (κ3) is 4.11. The van der Waals surface area contributed by atoms with Crippen molar-refractivity contribution in [1.29, 1.82) is 5.26 Å². The molecule has 4 aromatic rings. The summed E-state index contributed by atoms with van der Waals surface area (Å²) in [6, 6.07) is 11.4. The van der Waals surface area contributed by atoms with Gasteiger partial charge >= 0.3 is 6.18 Å². The largest absolute Gasteiger partial charge is 0.431 e. The highest BCUT2D eigenvalue weighted by Crippen LogP contribution is 2.48. The van der Waals surface area contributed by atoms with E-state index in [1.807, 2.05) is 12.1 Å². The summed E-state index contributed by atoms with van der Waals surface area (Å²) < 4.78 is 70.1. The number of alkyl halides is 3. The molecule has 2 aliphatic rings. The van der Waals surface area contributed by atoms with Crippen molar-refractivity contribution in [2.75, 3.05) is 5.75 Å². The zero-order valence-electron chi connectivity index (χ0n) is 21.7. The SMILES string of the molecule is CCS(=O)(=O)c1cc(-c2ccc(C3(C#N)CC3)cc2)cnc1-c1nc2cc(C(F)(F)F)n(C3CC3)c(=O)c2n1C. The molecular weight excluding hydrogens is 543 g/mol. The van der Waals surface area contributed by atoms with E-state index in [1.54, 1.807) is 12.1 Å². The van der Waals surface area contributed by atoms with Gasteiger partial charge in [-0.15, -0.1) is 0 Å². The van der Waals surface area contributed by atoms with E-state index in [2.05, 4.69) is 16.0 Å². The van der Waals surface area contributed by atoms with E-state index in [-0.39, 0.29) is 33.2 Å². The van der Waals surface area contributed by atoms with Crippen LogP contribution in [0.1, 0.15) is 49.9 Å². The average molecular weight is 568 g/mol. The Labute approximate surface area is 227 Å². The van der Waals surface area contributed by atoms with Gasteiger partial charge in [-0.25, -0.2) is 13.4 Å². The van der Waals surface area contributed by atoms with Gasteiger partial charge in [0.25, 0.3) is 5.56 Å². The Bertz CT molecular complexity index is 1890. The molecule has 3 aromatic heterocycles. The number of fused-ring (bicyclic) bond motifs is 1. The number of nitriles is 1.